The van der Waals surface area contributed by atoms with Crippen LogP contribution in [0.2, 0.25) is 0 Å². The minimum absolute atomic E-state index is 0.178. The molecule has 0 saturated carbocycles. The number of allylic oxidation sites excluding steroid dienone is 5. The third-order valence-corrected chi connectivity index (χ3v) is 4.49. The smallest absolute Gasteiger partial charge is 0.103 e. The van der Waals surface area contributed by atoms with Crippen LogP contribution in [0.3, 0.4) is 0 Å². The van der Waals surface area contributed by atoms with Gasteiger partial charge in [0.2, 0.25) is 0 Å². The van der Waals surface area contributed by atoms with Crippen molar-refractivity contribution in [3.63, 3.8) is 0 Å². The molecule has 4 nitrogen and oxygen atoms in total. The van der Waals surface area contributed by atoms with E-state index in [0.717, 1.165) is 29.1 Å². The van der Waals surface area contributed by atoms with Gasteiger partial charge in [-0.15, -0.1) is 0 Å². The molecule has 0 radical (unpaired) electrons. The zero-order valence-corrected chi connectivity index (χ0v) is 14.4. The summed E-state index contributed by atoms with van der Waals surface area (Å²) in [4.78, 5) is 13.7. The Hall–Kier alpha value is -3.27. The molecule has 2 aromatic rings. The van der Waals surface area contributed by atoms with Crippen molar-refractivity contribution in [1.29, 1.82) is 0 Å². The molecular formula is C22H20N4. The van der Waals surface area contributed by atoms with E-state index in [1.165, 1.54) is 5.57 Å². The second kappa shape index (κ2) is 7.31. The molecule has 1 aliphatic carbocycles. The highest BCUT2D eigenvalue weighted by Gasteiger charge is 2.21. The molecule has 0 bridgehead atoms. The van der Waals surface area contributed by atoms with Crippen molar-refractivity contribution in [2.45, 2.75) is 18.8 Å². The van der Waals surface area contributed by atoms with Crippen molar-refractivity contribution in [3.05, 3.63) is 102 Å². The van der Waals surface area contributed by atoms with Crippen LogP contribution in [0.5, 0.6) is 0 Å². The van der Waals surface area contributed by atoms with Crippen LogP contribution >= 0.6 is 0 Å². The summed E-state index contributed by atoms with van der Waals surface area (Å²) in [5, 5.41) is 0. The Labute approximate surface area is 153 Å². The van der Waals surface area contributed by atoms with Crippen molar-refractivity contribution in [3.8, 4) is 0 Å². The SMILES string of the molecule is NC1=NC(C2=CC(c3ccccn3)CC(c3ccccn3)=C2)=CC=CC1. The molecule has 26 heavy (non-hydrogen) atoms. The van der Waals surface area contributed by atoms with Crippen LogP contribution < -0.4 is 5.73 Å². The van der Waals surface area contributed by atoms with E-state index in [9.17, 15) is 0 Å². The molecule has 0 aromatic carbocycles. The van der Waals surface area contributed by atoms with Gasteiger partial charge in [-0.3, -0.25) is 9.97 Å². The fourth-order valence-electron chi connectivity index (χ4n) is 3.23. The number of rotatable bonds is 3. The summed E-state index contributed by atoms with van der Waals surface area (Å²) in [6.07, 6.45) is 15.7. The Morgan fingerprint density at radius 3 is 2.62 bits per heavy atom. The maximum atomic E-state index is 6.01. The van der Waals surface area contributed by atoms with Gasteiger partial charge in [-0.05, 0) is 54.0 Å². The van der Waals surface area contributed by atoms with E-state index in [0.29, 0.717) is 12.3 Å². The van der Waals surface area contributed by atoms with Gasteiger partial charge in [-0.2, -0.15) is 0 Å². The lowest BCUT2D eigenvalue weighted by Gasteiger charge is -2.22. The molecule has 0 spiro atoms. The quantitative estimate of drug-likeness (QED) is 0.912. The summed E-state index contributed by atoms with van der Waals surface area (Å²) >= 11 is 0. The number of nitrogens with zero attached hydrogens (tertiary/aromatic N) is 3. The summed E-state index contributed by atoms with van der Waals surface area (Å²) in [6, 6.07) is 12.0. The minimum atomic E-state index is 0.178. The van der Waals surface area contributed by atoms with Crippen molar-refractivity contribution in [2.75, 3.05) is 0 Å². The number of aliphatic imine (C=N–C) groups is 1. The molecule has 1 atom stereocenters. The average molecular weight is 340 g/mol. The highest BCUT2D eigenvalue weighted by atomic mass is 14.9. The summed E-state index contributed by atoms with van der Waals surface area (Å²) in [5.41, 5.74) is 11.2. The summed E-state index contributed by atoms with van der Waals surface area (Å²) in [5.74, 6) is 0.802. The van der Waals surface area contributed by atoms with E-state index in [-0.39, 0.29) is 5.92 Å². The van der Waals surface area contributed by atoms with Crippen LogP contribution in [0.1, 0.15) is 30.1 Å². The molecule has 2 aliphatic rings. The van der Waals surface area contributed by atoms with Crippen LogP contribution in [-0.4, -0.2) is 15.8 Å². The number of pyridine rings is 2. The maximum absolute atomic E-state index is 6.01. The van der Waals surface area contributed by atoms with E-state index in [1.54, 1.807) is 0 Å². The van der Waals surface area contributed by atoms with Gasteiger partial charge in [0, 0.05) is 30.4 Å². The topological polar surface area (TPSA) is 64.2 Å². The lowest BCUT2D eigenvalue weighted by molar-refractivity contribution is 0.817. The maximum Gasteiger partial charge on any atom is 0.103 e. The Morgan fingerprint density at radius 1 is 1.00 bits per heavy atom. The summed E-state index contributed by atoms with van der Waals surface area (Å²) in [7, 11) is 0. The third kappa shape index (κ3) is 3.54. The van der Waals surface area contributed by atoms with Crippen molar-refractivity contribution >= 4 is 11.4 Å². The molecule has 1 aliphatic heterocycles. The van der Waals surface area contributed by atoms with Crippen LogP contribution in [0.4, 0.5) is 0 Å². The molecule has 128 valence electrons. The summed E-state index contributed by atoms with van der Waals surface area (Å²) in [6.45, 7) is 0. The number of aromatic nitrogens is 2. The van der Waals surface area contributed by atoms with E-state index in [4.69, 9.17) is 5.73 Å². The number of hydrogen-bond acceptors (Lipinski definition) is 4. The first-order chi connectivity index (χ1) is 12.8. The van der Waals surface area contributed by atoms with E-state index in [1.807, 2.05) is 61.0 Å². The van der Waals surface area contributed by atoms with Crippen LogP contribution in [-0.2, 0) is 0 Å². The van der Waals surface area contributed by atoms with Gasteiger partial charge in [0.15, 0.2) is 0 Å². The molecule has 4 rings (SSSR count). The predicted octanol–water partition coefficient (Wildman–Crippen LogP) is 4.17. The number of nitrogens with two attached hydrogens (primary N) is 1. The summed E-state index contributed by atoms with van der Waals surface area (Å²) < 4.78 is 0. The van der Waals surface area contributed by atoms with Crippen molar-refractivity contribution in [2.24, 2.45) is 10.7 Å². The zero-order chi connectivity index (χ0) is 17.8. The lowest BCUT2D eigenvalue weighted by atomic mass is 9.85. The lowest BCUT2D eigenvalue weighted by Crippen LogP contribution is -2.11. The fraction of sp³-hybridized carbons (Fsp3) is 0.136. The molecule has 3 heterocycles. The molecule has 2 N–H and O–H groups in total. The van der Waals surface area contributed by atoms with E-state index >= 15 is 0 Å². The molecule has 4 heteroatoms. The number of amidine groups is 1. The first-order valence-electron chi connectivity index (χ1n) is 8.74. The Kier molecular flexibility index (Phi) is 4.56. The molecule has 0 saturated heterocycles. The Bertz CT molecular complexity index is 935. The minimum Gasteiger partial charge on any atom is -0.387 e. The molecule has 0 fully saturated rings. The standard InChI is InChI=1S/C22H20N4/c23-22-10-2-1-9-21(26-22)18-14-16(19-7-3-5-11-24-19)13-17(15-18)20-8-4-6-12-25-20/h1-9,11-12,14-16H,10,13H2,(H2,23,26). The van der Waals surface area contributed by atoms with Gasteiger partial charge >= 0.3 is 0 Å². The van der Waals surface area contributed by atoms with E-state index in [2.05, 4.69) is 33.2 Å². The molecule has 0 amide bonds. The van der Waals surface area contributed by atoms with Crippen molar-refractivity contribution < 1.29 is 0 Å². The van der Waals surface area contributed by atoms with Gasteiger partial charge in [-0.25, -0.2) is 4.99 Å². The third-order valence-electron chi connectivity index (χ3n) is 4.49. The molecular weight excluding hydrogens is 320 g/mol. The highest BCUT2D eigenvalue weighted by Crippen LogP contribution is 2.37. The Morgan fingerprint density at radius 2 is 1.85 bits per heavy atom. The highest BCUT2D eigenvalue weighted by molar-refractivity contribution is 5.84. The number of hydrogen-bond donors (Lipinski definition) is 1. The normalized spacial score (nSPS) is 19.8. The van der Waals surface area contributed by atoms with Crippen LogP contribution in [0, 0.1) is 0 Å². The average Bonchev–Trinajstić information content (AvgIpc) is 2.93. The van der Waals surface area contributed by atoms with Gasteiger partial charge in [0.25, 0.3) is 0 Å². The van der Waals surface area contributed by atoms with Crippen LogP contribution in [0.25, 0.3) is 5.57 Å². The predicted molar refractivity (Wildman–Crippen MR) is 105 cm³/mol. The zero-order valence-electron chi connectivity index (χ0n) is 14.4. The molecule has 1 unspecified atom stereocenters. The fourth-order valence-corrected chi connectivity index (χ4v) is 3.23. The monoisotopic (exact) mass is 340 g/mol. The first kappa shape index (κ1) is 16.2. The van der Waals surface area contributed by atoms with Gasteiger partial charge in [0.1, 0.15) is 5.84 Å². The molecule has 2 aromatic heterocycles. The first-order valence-corrected chi connectivity index (χ1v) is 8.74. The van der Waals surface area contributed by atoms with Gasteiger partial charge < -0.3 is 5.73 Å². The second-order valence-electron chi connectivity index (χ2n) is 6.36. The van der Waals surface area contributed by atoms with Crippen molar-refractivity contribution in [1.82, 2.24) is 9.97 Å². The van der Waals surface area contributed by atoms with Crippen LogP contribution in [0.15, 0.2) is 95.4 Å². The van der Waals surface area contributed by atoms with E-state index < -0.39 is 0 Å². The largest absolute Gasteiger partial charge is 0.387 e. The van der Waals surface area contributed by atoms with Gasteiger partial charge in [-0.1, -0.05) is 30.4 Å². The van der Waals surface area contributed by atoms with Gasteiger partial charge in [0.05, 0.1) is 11.4 Å². The Balaban J connectivity index is 1.79. The second-order valence-corrected chi connectivity index (χ2v) is 6.36.